The van der Waals surface area contributed by atoms with Gasteiger partial charge in [-0.25, -0.2) is 8.42 Å². The lowest BCUT2D eigenvalue weighted by Gasteiger charge is -2.19. The second-order valence-corrected chi connectivity index (χ2v) is 8.29. The van der Waals surface area contributed by atoms with Crippen LogP contribution in [-0.2, 0) is 14.8 Å². The predicted octanol–water partition coefficient (Wildman–Crippen LogP) is 2.74. The Labute approximate surface area is 171 Å². The number of hydrogen-bond donors (Lipinski definition) is 2. The molecular formula is C19H15N5O3S2. The minimum Gasteiger partial charge on any atom is -0.324 e. The van der Waals surface area contributed by atoms with Gasteiger partial charge in [-0.2, -0.15) is 13.5 Å². The van der Waals surface area contributed by atoms with Crippen LogP contribution in [0.2, 0.25) is 0 Å². The Morgan fingerprint density at radius 3 is 2.45 bits per heavy atom. The molecule has 2 N–H and O–H groups in total. The van der Waals surface area contributed by atoms with Gasteiger partial charge in [0, 0.05) is 18.1 Å². The second-order valence-electron chi connectivity index (χ2n) is 6.08. The third-order valence-electron chi connectivity index (χ3n) is 4.15. The van der Waals surface area contributed by atoms with E-state index < -0.39 is 22.0 Å². The molecule has 0 aliphatic heterocycles. The minimum absolute atomic E-state index is 0.0265. The normalized spacial score (nSPS) is 12.6. The van der Waals surface area contributed by atoms with Crippen LogP contribution in [0, 0.1) is 0 Å². The average Bonchev–Trinajstić information content (AvgIpc) is 3.22. The fourth-order valence-corrected chi connectivity index (χ4v) is 4.74. The Morgan fingerprint density at radius 1 is 0.931 bits per heavy atom. The quantitative estimate of drug-likeness (QED) is 0.491. The molecular weight excluding hydrogens is 410 g/mol. The number of benzene rings is 2. The number of aromatic nitrogens is 3. The van der Waals surface area contributed by atoms with Gasteiger partial charge >= 0.3 is 0 Å². The maximum atomic E-state index is 13.1. The maximum absolute atomic E-state index is 13.1. The number of rotatable bonds is 6. The van der Waals surface area contributed by atoms with Gasteiger partial charge in [0.05, 0.1) is 11.7 Å². The van der Waals surface area contributed by atoms with Gasteiger partial charge in [-0.3, -0.25) is 9.78 Å². The number of carbonyl (C=O) groups excluding carboxylic acids is 1. The zero-order chi connectivity index (χ0) is 20.3. The summed E-state index contributed by atoms with van der Waals surface area (Å²) in [6.45, 7) is 0. The molecule has 2 aromatic carbocycles. The van der Waals surface area contributed by atoms with E-state index >= 15 is 0 Å². The van der Waals surface area contributed by atoms with E-state index in [2.05, 4.69) is 23.8 Å². The van der Waals surface area contributed by atoms with Crippen molar-refractivity contribution in [3.8, 4) is 0 Å². The Morgan fingerprint density at radius 2 is 1.69 bits per heavy atom. The van der Waals surface area contributed by atoms with Gasteiger partial charge in [0.25, 0.3) is 0 Å². The van der Waals surface area contributed by atoms with E-state index in [0.29, 0.717) is 16.8 Å². The molecule has 2 heterocycles. The third kappa shape index (κ3) is 4.14. The molecule has 10 heteroatoms. The summed E-state index contributed by atoms with van der Waals surface area (Å²) in [5.41, 5.74) is 1.77. The summed E-state index contributed by atoms with van der Waals surface area (Å²) in [5, 5.41) is 2.71. The van der Waals surface area contributed by atoms with Crippen molar-refractivity contribution in [2.75, 3.05) is 5.32 Å². The van der Waals surface area contributed by atoms with Gasteiger partial charge in [-0.1, -0.05) is 36.4 Å². The first-order valence-corrected chi connectivity index (χ1v) is 10.8. The fraction of sp³-hybridized carbons (Fsp3) is 0.0526. The molecule has 0 radical (unpaired) electrons. The number of fused-ring (bicyclic) bond motifs is 1. The average molecular weight is 425 g/mol. The number of carbonyl (C=O) groups is 1. The van der Waals surface area contributed by atoms with Crippen molar-refractivity contribution in [1.82, 2.24) is 18.5 Å². The maximum Gasteiger partial charge on any atom is 0.247 e. The number of amides is 1. The number of sulfonamides is 1. The largest absolute Gasteiger partial charge is 0.324 e. The van der Waals surface area contributed by atoms with Crippen molar-refractivity contribution in [2.45, 2.75) is 10.9 Å². The lowest BCUT2D eigenvalue weighted by atomic mass is 10.1. The summed E-state index contributed by atoms with van der Waals surface area (Å²) in [5.74, 6) is -0.519. The van der Waals surface area contributed by atoms with E-state index in [1.165, 1.54) is 18.5 Å². The minimum atomic E-state index is -4.06. The molecule has 2 aromatic heterocycles. The van der Waals surface area contributed by atoms with Gasteiger partial charge in [0.2, 0.25) is 15.9 Å². The smallest absolute Gasteiger partial charge is 0.247 e. The summed E-state index contributed by atoms with van der Waals surface area (Å²) in [6.07, 6.45) is 3.07. The Hall–Kier alpha value is -3.21. The van der Waals surface area contributed by atoms with Crippen LogP contribution in [0.25, 0.3) is 11.0 Å². The van der Waals surface area contributed by atoms with Gasteiger partial charge in [-0.05, 0) is 29.8 Å². The van der Waals surface area contributed by atoms with E-state index in [9.17, 15) is 13.2 Å². The van der Waals surface area contributed by atoms with E-state index in [-0.39, 0.29) is 10.4 Å². The van der Waals surface area contributed by atoms with Gasteiger partial charge in [-0.15, -0.1) is 0 Å². The monoisotopic (exact) mass is 425 g/mol. The Bertz CT molecular complexity index is 1240. The first kappa shape index (κ1) is 19.1. The highest BCUT2D eigenvalue weighted by atomic mass is 32.2. The van der Waals surface area contributed by atoms with E-state index in [1.807, 2.05) is 0 Å². The van der Waals surface area contributed by atoms with Crippen molar-refractivity contribution in [1.29, 1.82) is 0 Å². The first-order chi connectivity index (χ1) is 14.0. The summed E-state index contributed by atoms with van der Waals surface area (Å²) in [4.78, 5) is 16.8. The number of nitrogens with one attached hydrogen (secondary N) is 2. The van der Waals surface area contributed by atoms with Crippen LogP contribution < -0.4 is 10.0 Å². The first-order valence-electron chi connectivity index (χ1n) is 8.54. The third-order valence-corrected chi connectivity index (χ3v) is 6.15. The molecule has 4 aromatic rings. The summed E-state index contributed by atoms with van der Waals surface area (Å²) >= 11 is 0.929. The second kappa shape index (κ2) is 8.03. The summed E-state index contributed by atoms with van der Waals surface area (Å²) in [6, 6.07) is 15.4. The van der Waals surface area contributed by atoms with Crippen LogP contribution in [0.1, 0.15) is 11.6 Å². The van der Waals surface area contributed by atoms with Gasteiger partial charge < -0.3 is 5.32 Å². The van der Waals surface area contributed by atoms with Crippen molar-refractivity contribution in [2.24, 2.45) is 0 Å². The van der Waals surface area contributed by atoms with Crippen molar-refractivity contribution < 1.29 is 13.2 Å². The van der Waals surface area contributed by atoms with E-state index in [0.717, 1.165) is 11.7 Å². The van der Waals surface area contributed by atoms with Crippen molar-refractivity contribution in [3.63, 3.8) is 0 Å². The molecule has 0 saturated carbocycles. The number of anilines is 1. The predicted molar refractivity (Wildman–Crippen MR) is 110 cm³/mol. The van der Waals surface area contributed by atoms with E-state index in [4.69, 9.17) is 0 Å². The molecule has 146 valence electrons. The standard InChI is InChI=1S/C19H15N5O3S2/c25-19(21-14-9-11-20-12-10-14)17(13-5-2-1-3-6-13)24-29(26,27)16-8-4-7-15-18(16)23-28-22-15/h1-12,17,24H,(H,20,21,25)/t17-/m0/s1. The molecule has 1 amide bonds. The molecule has 29 heavy (non-hydrogen) atoms. The molecule has 0 bridgehead atoms. The Kier molecular flexibility index (Phi) is 5.30. The van der Waals surface area contributed by atoms with Gasteiger partial charge in [0.15, 0.2) is 0 Å². The van der Waals surface area contributed by atoms with Crippen LogP contribution >= 0.6 is 11.7 Å². The topological polar surface area (TPSA) is 114 Å². The molecule has 0 aliphatic carbocycles. The number of nitrogens with zero attached hydrogens (tertiary/aromatic N) is 3. The molecule has 0 aliphatic rings. The van der Waals surface area contributed by atoms with Crippen LogP contribution in [0.5, 0.6) is 0 Å². The molecule has 0 saturated heterocycles. The number of hydrogen-bond acceptors (Lipinski definition) is 7. The highest BCUT2D eigenvalue weighted by Crippen LogP contribution is 2.24. The molecule has 0 fully saturated rings. The highest BCUT2D eigenvalue weighted by Gasteiger charge is 2.29. The zero-order valence-corrected chi connectivity index (χ0v) is 16.5. The SMILES string of the molecule is O=C(Nc1ccncc1)[C@@H](NS(=O)(=O)c1cccc2nsnc12)c1ccccc1. The van der Waals surface area contributed by atoms with Crippen LogP contribution in [0.4, 0.5) is 5.69 Å². The molecule has 0 unspecified atom stereocenters. The molecule has 8 nitrogen and oxygen atoms in total. The van der Waals surface area contributed by atoms with Crippen molar-refractivity contribution >= 4 is 44.4 Å². The summed E-state index contributed by atoms with van der Waals surface area (Å²) < 4.78 is 36.9. The van der Waals surface area contributed by atoms with Crippen LogP contribution in [-0.4, -0.2) is 28.1 Å². The molecule has 1 atom stereocenters. The lowest BCUT2D eigenvalue weighted by Crippen LogP contribution is -2.37. The molecule has 0 spiro atoms. The zero-order valence-electron chi connectivity index (χ0n) is 14.9. The van der Waals surface area contributed by atoms with Crippen molar-refractivity contribution in [3.05, 3.63) is 78.6 Å². The van der Waals surface area contributed by atoms with Crippen LogP contribution in [0.3, 0.4) is 0 Å². The fourth-order valence-electron chi connectivity index (χ4n) is 2.78. The van der Waals surface area contributed by atoms with Crippen LogP contribution in [0.15, 0.2) is 78.0 Å². The highest BCUT2D eigenvalue weighted by molar-refractivity contribution is 7.89. The molecule has 4 rings (SSSR count). The number of pyridine rings is 1. The van der Waals surface area contributed by atoms with Gasteiger partial charge in [0.1, 0.15) is 22.0 Å². The van der Waals surface area contributed by atoms with E-state index in [1.54, 1.807) is 54.6 Å². The Balaban J connectivity index is 1.70. The summed E-state index contributed by atoms with van der Waals surface area (Å²) in [7, 11) is -4.06. The lowest BCUT2D eigenvalue weighted by molar-refractivity contribution is -0.117.